The zero-order chi connectivity index (χ0) is 23.3. The first-order valence-electron chi connectivity index (χ1n) is 10.7. The van der Waals surface area contributed by atoms with Gasteiger partial charge < -0.3 is 18.6 Å². The highest BCUT2D eigenvalue weighted by Crippen LogP contribution is 2.37. The van der Waals surface area contributed by atoms with Crippen LogP contribution in [0.25, 0.3) is 22.1 Å². The Morgan fingerprint density at radius 3 is 2.58 bits per heavy atom. The van der Waals surface area contributed by atoms with E-state index in [-0.39, 0.29) is 23.0 Å². The highest BCUT2D eigenvalue weighted by molar-refractivity contribution is 7.91. The summed E-state index contributed by atoms with van der Waals surface area (Å²) in [5.74, 6) is 2.55. The number of hydrogen-bond donors (Lipinski definition) is 0. The van der Waals surface area contributed by atoms with Crippen molar-refractivity contribution >= 4 is 20.8 Å². The van der Waals surface area contributed by atoms with Crippen LogP contribution >= 0.6 is 0 Å². The van der Waals surface area contributed by atoms with E-state index in [0.717, 1.165) is 5.56 Å². The molecule has 2 aromatic carbocycles. The van der Waals surface area contributed by atoms with Crippen LogP contribution < -0.4 is 19.6 Å². The van der Waals surface area contributed by atoms with E-state index in [1.165, 1.54) is 0 Å². The summed E-state index contributed by atoms with van der Waals surface area (Å²) in [6.45, 7) is 2.54. The smallest absolute Gasteiger partial charge is 0.200 e. The Hall–Kier alpha value is -3.04. The third-order valence-corrected chi connectivity index (χ3v) is 8.19. The minimum atomic E-state index is -3.02. The Labute approximate surface area is 191 Å². The first-order chi connectivity index (χ1) is 15.8. The van der Waals surface area contributed by atoms with E-state index in [2.05, 4.69) is 0 Å². The van der Waals surface area contributed by atoms with Gasteiger partial charge in [0.15, 0.2) is 21.3 Å². The van der Waals surface area contributed by atoms with Gasteiger partial charge in [-0.1, -0.05) is 6.07 Å². The number of sulfone groups is 1. The Morgan fingerprint density at radius 1 is 1.09 bits per heavy atom. The molecule has 0 bridgehead atoms. The topological polar surface area (TPSA) is 95.3 Å². The lowest BCUT2D eigenvalue weighted by molar-refractivity contribution is 0.0649. The summed E-state index contributed by atoms with van der Waals surface area (Å²) >= 11 is 0. The molecule has 1 atom stereocenters. The molecule has 3 aromatic rings. The predicted molar refractivity (Wildman–Crippen MR) is 124 cm³/mol. The van der Waals surface area contributed by atoms with Crippen molar-refractivity contribution in [3.63, 3.8) is 0 Å². The molecule has 0 saturated carbocycles. The van der Waals surface area contributed by atoms with E-state index in [1.807, 2.05) is 4.90 Å². The van der Waals surface area contributed by atoms with E-state index >= 15 is 0 Å². The Morgan fingerprint density at radius 2 is 1.88 bits per heavy atom. The molecule has 3 heterocycles. The number of hydrogen-bond acceptors (Lipinski definition) is 8. The first kappa shape index (κ1) is 21.8. The van der Waals surface area contributed by atoms with E-state index in [0.29, 0.717) is 64.8 Å². The Bertz CT molecular complexity index is 1410. The van der Waals surface area contributed by atoms with Crippen LogP contribution in [0.2, 0.25) is 0 Å². The summed E-state index contributed by atoms with van der Waals surface area (Å²) in [6.07, 6.45) is 0.582. The van der Waals surface area contributed by atoms with Crippen LogP contribution in [-0.4, -0.2) is 51.8 Å². The van der Waals surface area contributed by atoms with Gasteiger partial charge >= 0.3 is 0 Å². The summed E-state index contributed by atoms with van der Waals surface area (Å²) in [6, 6.07) is 8.72. The van der Waals surface area contributed by atoms with Gasteiger partial charge in [0.25, 0.3) is 0 Å². The molecule has 0 N–H and O–H groups in total. The molecule has 0 aliphatic carbocycles. The SMILES string of the molecule is COc1ccc(-c2c(C)oc3c4c(ccc3c2=O)OCN(C2CCS(=O)(=O)C2)C4)cc1OC. The molecule has 0 spiro atoms. The second kappa shape index (κ2) is 8.07. The zero-order valence-electron chi connectivity index (χ0n) is 18.7. The lowest BCUT2D eigenvalue weighted by Crippen LogP contribution is -2.41. The van der Waals surface area contributed by atoms with Gasteiger partial charge in [-0.25, -0.2) is 8.42 Å². The third-order valence-electron chi connectivity index (χ3n) is 6.44. The lowest BCUT2D eigenvalue weighted by atomic mass is 10.00. The van der Waals surface area contributed by atoms with Crippen molar-refractivity contribution in [3.05, 3.63) is 51.9 Å². The van der Waals surface area contributed by atoms with Crippen LogP contribution in [0.3, 0.4) is 0 Å². The highest BCUT2D eigenvalue weighted by atomic mass is 32.2. The van der Waals surface area contributed by atoms with Gasteiger partial charge in [0.2, 0.25) is 5.43 Å². The molecule has 0 amide bonds. The van der Waals surface area contributed by atoms with E-state index in [9.17, 15) is 13.2 Å². The van der Waals surface area contributed by atoms with Gasteiger partial charge in [-0.3, -0.25) is 9.69 Å². The molecule has 1 unspecified atom stereocenters. The zero-order valence-corrected chi connectivity index (χ0v) is 19.5. The molecular formula is C24H25NO7S. The van der Waals surface area contributed by atoms with Gasteiger partial charge in [0.05, 0.1) is 42.2 Å². The minimum Gasteiger partial charge on any atom is -0.493 e. The molecular weight excluding hydrogens is 446 g/mol. The number of fused-ring (bicyclic) bond motifs is 3. The van der Waals surface area contributed by atoms with Crippen LogP contribution in [0.1, 0.15) is 17.7 Å². The standard InChI is InChI=1S/C24H25NO7S/c1-14-22(15-4-6-20(29-2)21(10-15)30-3)23(26)17-5-7-19-18(24(17)32-14)11-25(13-31-19)16-8-9-33(27,28)12-16/h4-7,10,16H,8-9,11-13H2,1-3H3. The lowest BCUT2D eigenvalue weighted by Gasteiger charge is -2.33. The van der Waals surface area contributed by atoms with Gasteiger partial charge in [0.1, 0.15) is 23.8 Å². The summed E-state index contributed by atoms with van der Waals surface area (Å²) in [4.78, 5) is 15.6. The quantitative estimate of drug-likeness (QED) is 0.573. The average Bonchev–Trinajstić information content (AvgIpc) is 3.18. The summed E-state index contributed by atoms with van der Waals surface area (Å²) in [5.41, 5.74) is 2.22. The molecule has 1 aromatic heterocycles. The maximum Gasteiger partial charge on any atom is 0.200 e. The molecule has 1 saturated heterocycles. The second-order valence-corrected chi connectivity index (χ2v) is 10.7. The fourth-order valence-corrected chi connectivity index (χ4v) is 6.48. The molecule has 0 radical (unpaired) electrons. The Kier molecular flexibility index (Phi) is 5.33. The monoisotopic (exact) mass is 471 g/mol. The molecule has 2 aliphatic rings. The van der Waals surface area contributed by atoms with Crippen LogP contribution in [0.15, 0.2) is 39.5 Å². The first-order valence-corrected chi connectivity index (χ1v) is 12.5. The van der Waals surface area contributed by atoms with Crippen molar-refractivity contribution in [2.45, 2.75) is 25.9 Å². The van der Waals surface area contributed by atoms with Gasteiger partial charge in [0, 0.05) is 12.6 Å². The van der Waals surface area contributed by atoms with Crippen molar-refractivity contribution in [1.82, 2.24) is 4.90 Å². The number of benzene rings is 2. The van der Waals surface area contributed by atoms with Crippen molar-refractivity contribution in [2.24, 2.45) is 0 Å². The summed E-state index contributed by atoms with van der Waals surface area (Å²) < 4.78 is 46.7. The largest absolute Gasteiger partial charge is 0.493 e. The molecule has 5 rings (SSSR count). The van der Waals surface area contributed by atoms with Gasteiger partial charge in [-0.2, -0.15) is 0 Å². The van der Waals surface area contributed by atoms with Gasteiger partial charge in [-0.05, 0) is 43.2 Å². The van der Waals surface area contributed by atoms with Crippen molar-refractivity contribution in [1.29, 1.82) is 0 Å². The van der Waals surface area contributed by atoms with E-state index < -0.39 is 9.84 Å². The van der Waals surface area contributed by atoms with Gasteiger partial charge in [-0.15, -0.1) is 0 Å². The average molecular weight is 472 g/mol. The fraction of sp³-hybridized carbons (Fsp3) is 0.375. The van der Waals surface area contributed by atoms with Crippen LogP contribution in [-0.2, 0) is 16.4 Å². The molecule has 8 nitrogen and oxygen atoms in total. The fourth-order valence-electron chi connectivity index (χ4n) is 4.71. The van der Waals surface area contributed by atoms with E-state index in [4.69, 9.17) is 18.6 Å². The Balaban J connectivity index is 1.59. The van der Waals surface area contributed by atoms with Crippen molar-refractivity contribution in [2.75, 3.05) is 32.5 Å². The summed E-state index contributed by atoms with van der Waals surface area (Å²) in [5, 5.41) is 0.452. The number of aryl methyl sites for hydroxylation is 1. The number of methoxy groups -OCH3 is 2. The number of rotatable bonds is 4. The molecule has 1 fully saturated rings. The molecule has 174 valence electrons. The number of ether oxygens (including phenoxy) is 3. The van der Waals surface area contributed by atoms with Crippen molar-refractivity contribution in [3.8, 4) is 28.4 Å². The normalized spacial score (nSPS) is 19.8. The maximum atomic E-state index is 13.5. The van der Waals surface area contributed by atoms with Crippen molar-refractivity contribution < 1.29 is 27.0 Å². The molecule has 33 heavy (non-hydrogen) atoms. The third kappa shape index (κ3) is 3.75. The van der Waals surface area contributed by atoms with Crippen LogP contribution in [0.4, 0.5) is 0 Å². The second-order valence-electron chi connectivity index (χ2n) is 8.43. The maximum absolute atomic E-state index is 13.5. The molecule has 2 aliphatic heterocycles. The summed E-state index contributed by atoms with van der Waals surface area (Å²) in [7, 11) is 0.0898. The predicted octanol–water partition coefficient (Wildman–Crippen LogP) is 3.12. The van der Waals surface area contributed by atoms with E-state index in [1.54, 1.807) is 51.5 Å². The minimum absolute atomic E-state index is 0.0998. The molecule has 9 heteroatoms. The highest BCUT2D eigenvalue weighted by Gasteiger charge is 2.35. The number of nitrogens with zero attached hydrogens (tertiary/aromatic N) is 1. The van der Waals surface area contributed by atoms with Crippen LogP contribution in [0, 0.1) is 6.92 Å². The van der Waals surface area contributed by atoms with Crippen LogP contribution in [0.5, 0.6) is 17.2 Å².